The van der Waals surface area contributed by atoms with Crippen molar-refractivity contribution in [3.05, 3.63) is 34.5 Å². The Morgan fingerprint density at radius 2 is 2.50 bits per heavy atom. The van der Waals surface area contributed by atoms with E-state index in [4.69, 9.17) is 9.47 Å². The minimum Gasteiger partial charge on any atom is -0.435 e. The average molecular weight is 238 g/mol. The molecule has 0 saturated heterocycles. The normalized spacial score (nSPS) is 23.3. The summed E-state index contributed by atoms with van der Waals surface area (Å²) in [4.78, 5) is 11.2. The summed E-state index contributed by atoms with van der Waals surface area (Å²) in [6.45, 7) is 2.12. The van der Waals surface area contributed by atoms with Crippen LogP contribution in [0.2, 0.25) is 0 Å². The molecule has 1 aliphatic carbocycles. The number of hydrogen-bond acceptors (Lipinski definition) is 4. The second kappa shape index (κ2) is 5.16. The minimum absolute atomic E-state index is 0.117. The van der Waals surface area contributed by atoms with Gasteiger partial charge in [0, 0.05) is 12.3 Å². The van der Waals surface area contributed by atoms with E-state index in [1.807, 2.05) is 11.5 Å². The Kier molecular flexibility index (Phi) is 3.62. The fraction of sp³-hybridized carbons (Fsp3) is 0.417. The summed E-state index contributed by atoms with van der Waals surface area (Å²) < 4.78 is 10.1. The monoisotopic (exact) mass is 238 g/mol. The van der Waals surface area contributed by atoms with Crippen molar-refractivity contribution in [1.29, 1.82) is 0 Å². The van der Waals surface area contributed by atoms with Crippen LogP contribution in [0, 0.1) is 0 Å². The van der Waals surface area contributed by atoms with Gasteiger partial charge in [0.25, 0.3) is 0 Å². The quantitative estimate of drug-likeness (QED) is 0.598. The van der Waals surface area contributed by atoms with E-state index in [0.717, 1.165) is 6.42 Å². The number of ether oxygens (including phenoxy) is 2. The van der Waals surface area contributed by atoms with Gasteiger partial charge in [0.1, 0.15) is 6.10 Å². The second-order valence-corrected chi connectivity index (χ2v) is 4.37. The molecule has 16 heavy (non-hydrogen) atoms. The highest BCUT2D eigenvalue weighted by atomic mass is 32.1. The fourth-order valence-corrected chi connectivity index (χ4v) is 2.52. The molecule has 1 aromatic rings. The van der Waals surface area contributed by atoms with E-state index in [9.17, 15) is 4.79 Å². The number of hydrogen-bond donors (Lipinski definition) is 0. The third kappa shape index (κ3) is 2.44. The Bertz CT molecular complexity index is 370. The molecule has 1 heterocycles. The minimum atomic E-state index is -0.573. The number of thiophene rings is 1. The molecule has 1 aliphatic rings. The molecule has 2 atom stereocenters. The summed E-state index contributed by atoms with van der Waals surface area (Å²) in [5, 5.41) is 4.12. The predicted octanol–water partition coefficient (Wildman–Crippen LogP) is 3.33. The van der Waals surface area contributed by atoms with Gasteiger partial charge in [-0.05, 0) is 29.3 Å². The lowest BCUT2D eigenvalue weighted by molar-refractivity contribution is 0.0254. The molecule has 86 valence electrons. The van der Waals surface area contributed by atoms with Gasteiger partial charge in [-0.1, -0.05) is 12.2 Å². The molecule has 3 nitrogen and oxygen atoms in total. The maximum absolute atomic E-state index is 11.2. The number of rotatable bonds is 3. The summed E-state index contributed by atoms with van der Waals surface area (Å²) in [5.74, 6) is 0.177. The van der Waals surface area contributed by atoms with Gasteiger partial charge >= 0.3 is 6.16 Å². The molecule has 4 heteroatoms. The van der Waals surface area contributed by atoms with Crippen molar-refractivity contribution in [3.63, 3.8) is 0 Å². The van der Waals surface area contributed by atoms with E-state index in [2.05, 4.69) is 17.5 Å². The van der Waals surface area contributed by atoms with Crippen LogP contribution in [0.1, 0.15) is 24.8 Å². The Morgan fingerprint density at radius 1 is 1.62 bits per heavy atom. The van der Waals surface area contributed by atoms with Crippen molar-refractivity contribution in [3.8, 4) is 0 Å². The molecule has 0 saturated carbocycles. The van der Waals surface area contributed by atoms with Crippen LogP contribution in [0.3, 0.4) is 0 Å². The first-order valence-corrected chi connectivity index (χ1v) is 6.27. The SMILES string of the molecule is CCOC(=O)O[C@@H]1CC=C[C@H]1c1ccsc1. The third-order valence-corrected chi connectivity index (χ3v) is 3.25. The zero-order valence-electron chi connectivity index (χ0n) is 9.09. The summed E-state index contributed by atoms with van der Waals surface area (Å²) in [6, 6.07) is 2.06. The van der Waals surface area contributed by atoms with Gasteiger partial charge in [-0.15, -0.1) is 0 Å². The van der Waals surface area contributed by atoms with Crippen LogP contribution < -0.4 is 0 Å². The molecule has 0 aromatic carbocycles. The van der Waals surface area contributed by atoms with Gasteiger partial charge in [0.15, 0.2) is 0 Å². The lowest BCUT2D eigenvalue weighted by Gasteiger charge is -2.18. The molecule has 0 amide bonds. The van der Waals surface area contributed by atoms with Crippen LogP contribution in [-0.4, -0.2) is 18.9 Å². The summed E-state index contributed by atoms with van der Waals surface area (Å²) in [6.07, 6.45) is 4.21. The molecule has 0 bridgehead atoms. The van der Waals surface area contributed by atoms with E-state index in [1.54, 1.807) is 18.3 Å². The molecule has 0 N–H and O–H groups in total. The smallest absolute Gasteiger partial charge is 0.435 e. The highest BCUT2D eigenvalue weighted by Gasteiger charge is 2.28. The first kappa shape index (κ1) is 11.2. The second-order valence-electron chi connectivity index (χ2n) is 3.59. The Morgan fingerprint density at radius 3 is 3.19 bits per heavy atom. The molecule has 0 aliphatic heterocycles. The van der Waals surface area contributed by atoms with E-state index < -0.39 is 6.16 Å². The summed E-state index contributed by atoms with van der Waals surface area (Å²) in [7, 11) is 0. The zero-order chi connectivity index (χ0) is 11.4. The Labute approximate surface area is 98.7 Å². The maximum Gasteiger partial charge on any atom is 0.508 e. The molecule has 0 fully saturated rings. The molecular weight excluding hydrogens is 224 g/mol. The van der Waals surface area contributed by atoms with Crippen LogP contribution >= 0.6 is 11.3 Å². The number of carbonyl (C=O) groups is 1. The highest BCUT2D eigenvalue weighted by Crippen LogP contribution is 2.32. The van der Waals surface area contributed by atoms with Crippen molar-refractivity contribution >= 4 is 17.5 Å². The first-order chi connectivity index (χ1) is 7.81. The van der Waals surface area contributed by atoms with Crippen molar-refractivity contribution in [2.45, 2.75) is 25.4 Å². The van der Waals surface area contributed by atoms with Crippen LogP contribution in [0.25, 0.3) is 0 Å². The lowest BCUT2D eigenvalue weighted by atomic mass is 9.99. The molecule has 1 aromatic heterocycles. The van der Waals surface area contributed by atoms with Crippen LogP contribution in [0.15, 0.2) is 29.0 Å². The third-order valence-electron chi connectivity index (χ3n) is 2.55. The number of carbonyl (C=O) groups excluding carboxylic acids is 1. The highest BCUT2D eigenvalue weighted by molar-refractivity contribution is 7.08. The molecule has 0 unspecified atom stereocenters. The van der Waals surface area contributed by atoms with Crippen molar-refractivity contribution in [2.24, 2.45) is 0 Å². The van der Waals surface area contributed by atoms with E-state index >= 15 is 0 Å². The van der Waals surface area contributed by atoms with E-state index in [1.165, 1.54) is 5.56 Å². The van der Waals surface area contributed by atoms with Gasteiger partial charge in [-0.2, -0.15) is 11.3 Å². The first-order valence-electron chi connectivity index (χ1n) is 5.33. The van der Waals surface area contributed by atoms with Crippen LogP contribution in [0.4, 0.5) is 4.79 Å². The molecule has 0 radical (unpaired) electrons. The van der Waals surface area contributed by atoms with Gasteiger partial charge in [0.2, 0.25) is 0 Å². The molecule has 0 spiro atoms. The van der Waals surface area contributed by atoms with Crippen molar-refractivity contribution in [2.75, 3.05) is 6.61 Å². The largest absolute Gasteiger partial charge is 0.508 e. The predicted molar refractivity (Wildman–Crippen MR) is 62.7 cm³/mol. The van der Waals surface area contributed by atoms with Gasteiger partial charge in [-0.3, -0.25) is 0 Å². The maximum atomic E-state index is 11.2. The fourth-order valence-electron chi connectivity index (χ4n) is 1.82. The molecule has 2 rings (SSSR count). The summed E-state index contributed by atoms with van der Waals surface area (Å²) in [5.41, 5.74) is 1.20. The van der Waals surface area contributed by atoms with Crippen LogP contribution in [-0.2, 0) is 9.47 Å². The van der Waals surface area contributed by atoms with Crippen molar-refractivity contribution in [1.82, 2.24) is 0 Å². The van der Waals surface area contributed by atoms with Gasteiger partial charge in [0.05, 0.1) is 6.61 Å². The standard InChI is InChI=1S/C12H14O3S/c1-2-14-12(13)15-11-5-3-4-10(11)9-6-7-16-8-9/h3-4,6-8,10-11H,2,5H2,1H3/t10-,11+/m0/s1. The Hall–Kier alpha value is -1.29. The van der Waals surface area contributed by atoms with E-state index in [-0.39, 0.29) is 12.0 Å². The van der Waals surface area contributed by atoms with Gasteiger partial charge in [-0.25, -0.2) is 4.79 Å². The van der Waals surface area contributed by atoms with E-state index in [0.29, 0.717) is 6.61 Å². The lowest BCUT2D eigenvalue weighted by Crippen LogP contribution is -2.21. The van der Waals surface area contributed by atoms with Crippen molar-refractivity contribution < 1.29 is 14.3 Å². The summed E-state index contributed by atoms with van der Waals surface area (Å²) >= 11 is 1.65. The Balaban J connectivity index is 1.98. The topological polar surface area (TPSA) is 35.5 Å². The zero-order valence-corrected chi connectivity index (χ0v) is 9.91. The van der Waals surface area contributed by atoms with Crippen LogP contribution in [0.5, 0.6) is 0 Å². The van der Waals surface area contributed by atoms with Gasteiger partial charge < -0.3 is 9.47 Å². The molecular formula is C12H14O3S. The average Bonchev–Trinajstić information content (AvgIpc) is 2.86.